The van der Waals surface area contributed by atoms with Crippen molar-refractivity contribution in [3.63, 3.8) is 0 Å². The molecule has 1 aromatic heterocycles. The van der Waals surface area contributed by atoms with Crippen molar-refractivity contribution < 1.29 is 14.6 Å². The second-order valence-corrected chi connectivity index (χ2v) is 3.99. The normalized spacial score (nSPS) is 19.4. The van der Waals surface area contributed by atoms with E-state index < -0.39 is 5.97 Å². The summed E-state index contributed by atoms with van der Waals surface area (Å²) in [5.41, 5.74) is 0. The Hall–Kier alpha value is -1.85. The van der Waals surface area contributed by atoms with Crippen LogP contribution >= 0.6 is 0 Å². The lowest BCUT2D eigenvalue weighted by atomic mass is 10.1. The lowest BCUT2D eigenvalue weighted by Gasteiger charge is -2.23. The van der Waals surface area contributed by atoms with Crippen molar-refractivity contribution in [1.82, 2.24) is 9.97 Å². The van der Waals surface area contributed by atoms with Gasteiger partial charge in [-0.15, -0.1) is 0 Å². The number of nitrogens with zero attached hydrogens (tertiary/aromatic N) is 3. The molecule has 1 N–H and O–H groups in total. The summed E-state index contributed by atoms with van der Waals surface area (Å²) in [5, 5.41) is 8.85. The second-order valence-electron chi connectivity index (χ2n) is 3.99. The lowest BCUT2D eigenvalue weighted by Crippen LogP contribution is -2.32. The molecule has 2 rings (SSSR count). The van der Waals surface area contributed by atoms with Crippen LogP contribution in [0.1, 0.15) is 19.3 Å². The number of rotatable bonds is 4. The van der Waals surface area contributed by atoms with E-state index in [1.165, 1.54) is 0 Å². The van der Waals surface area contributed by atoms with E-state index in [-0.39, 0.29) is 12.5 Å². The predicted molar refractivity (Wildman–Crippen MR) is 61.2 cm³/mol. The number of carboxylic acids is 1. The molecule has 17 heavy (non-hydrogen) atoms. The van der Waals surface area contributed by atoms with Crippen molar-refractivity contribution in [2.24, 2.45) is 0 Å². The van der Waals surface area contributed by atoms with Crippen LogP contribution in [0.3, 0.4) is 0 Å². The van der Waals surface area contributed by atoms with E-state index in [0.717, 1.165) is 19.4 Å². The zero-order chi connectivity index (χ0) is 12.3. The maximum Gasteiger partial charge on any atom is 0.305 e. The third-order valence-corrected chi connectivity index (χ3v) is 2.87. The molecular weight excluding hydrogens is 222 g/mol. The molecule has 0 saturated carbocycles. The van der Waals surface area contributed by atoms with Crippen LogP contribution < -0.4 is 9.64 Å². The Balaban J connectivity index is 2.16. The third-order valence-electron chi connectivity index (χ3n) is 2.87. The van der Waals surface area contributed by atoms with E-state index in [2.05, 4.69) is 9.97 Å². The first kappa shape index (κ1) is 11.6. The minimum Gasteiger partial charge on any atom is -0.481 e. The number of aliphatic carboxylic acids is 1. The van der Waals surface area contributed by atoms with Crippen LogP contribution in [-0.2, 0) is 4.79 Å². The van der Waals surface area contributed by atoms with E-state index in [9.17, 15) is 4.79 Å². The zero-order valence-corrected chi connectivity index (χ0v) is 9.67. The van der Waals surface area contributed by atoms with Crippen molar-refractivity contribution in [3.8, 4) is 5.88 Å². The van der Waals surface area contributed by atoms with E-state index in [4.69, 9.17) is 9.84 Å². The zero-order valence-electron chi connectivity index (χ0n) is 9.67. The van der Waals surface area contributed by atoms with E-state index >= 15 is 0 Å². The SMILES string of the molecule is COc1ccnc(N2CCCC2CC(=O)O)n1. The first-order chi connectivity index (χ1) is 8.20. The van der Waals surface area contributed by atoms with Crippen LogP contribution in [0.2, 0.25) is 0 Å². The molecule has 92 valence electrons. The lowest BCUT2D eigenvalue weighted by molar-refractivity contribution is -0.137. The fourth-order valence-corrected chi connectivity index (χ4v) is 2.10. The first-order valence-electron chi connectivity index (χ1n) is 5.56. The molecule has 1 aliphatic heterocycles. The highest BCUT2D eigenvalue weighted by Gasteiger charge is 2.28. The Bertz CT molecular complexity index is 411. The standard InChI is InChI=1S/C11H15N3O3/c1-17-9-4-5-12-11(13-9)14-6-2-3-8(14)7-10(15)16/h4-5,8H,2-3,6-7H2,1H3,(H,15,16). The van der Waals surface area contributed by atoms with Crippen LogP contribution in [0.4, 0.5) is 5.95 Å². The van der Waals surface area contributed by atoms with Gasteiger partial charge in [0.25, 0.3) is 0 Å². The number of methoxy groups -OCH3 is 1. The molecule has 0 spiro atoms. The smallest absolute Gasteiger partial charge is 0.305 e. The topological polar surface area (TPSA) is 75.5 Å². The molecule has 1 unspecified atom stereocenters. The molecule has 6 heteroatoms. The number of aromatic nitrogens is 2. The number of anilines is 1. The summed E-state index contributed by atoms with van der Waals surface area (Å²) in [7, 11) is 1.55. The highest BCUT2D eigenvalue weighted by Crippen LogP contribution is 2.25. The van der Waals surface area contributed by atoms with Crippen molar-refractivity contribution in [1.29, 1.82) is 0 Å². The molecule has 0 radical (unpaired) electrons. The van der Waals surface area contributed by atoms with Gasteiger partial charge in [-0.2, -0.15) is 4.98 Å². The second kappa shape index (κ2) is 4.99. The minimum absolute atomic E-state index is 0.0143. The van der Waals surface area contributed by atoms with Gasteiger partial charge in [0.05, 0.1) is 13.5 Å². The average Bonchev–Trinajstić information content (AvgIpc) is 2.76. The van der Waals surface area contributed by atoms with Crippen LogP contribution in [0.15, 0.2) is 12.3 Å². The van der Waals surface area contributed by atoms with Gasteiger partial charge < -0.3 is 14.7 Å². The van der Waals surface area contributed by atoms with Crippen molar-refractivity contribution in [2.45, 2.75) is 25.3 Å². The van der Waals surface area contributed by atoms with E-state index in [0.29, 0.717) is 11.8 Å². The Labute approximate surface area is 99.2 Å². The molecule has 0 aliphatic carbocycles. The fraction of sp³-hybridized carbons (Fsp3) is 0.545. The van der Waals surface area contributed by atoms with Crippen molar-refractivity contribution in [2.75, 3.05) is 18.6 Å². The van der Waals surface area contributed by atoms with Crippen LogP contribution in [0, 0.1) is 0 Å². The van der Waals surface area contributed by atoms with Gasteiger partial charge in [0.2, 0.25) is 11.8 Å². The third kappa shape index (κ3) is 2.64. The molecule has 2 heterocycles. The van der Waals surface area contributed by atoms with Gasteiger partial charge >= 0.3 is 5.97 Å². The quantitative estimate of drug-likeness (QED) is 0.839. The molecule has 1 atom stereocenters. The van der Waals surface area contributed by atoms with Gasteiger partial charge in [0.1, 0.15) is 0 Å². The maximum atomic E-state index is 10.8. The van der Waals surface area contributed by atoms with Crippen molar-refractivity contribution >= 4 is 11.9 Å². The molecule has 6 nitrogen and oxygen atoms in total. The number of hydrogen-bond donors (Lipinski definition) is 1. The number of ether oxygens (including phenoxy) is 1. The molecule has 1 saturated heterocycles. The molecule has 0 amide bonds. The van der Waals surface area contributed by atoms with Gasteiger partial charge in [-0.1, -0.05) is 0 Å². The Morgan fingerprint density at radius 2 is 2.53 bits per heavy atom. The Morgan fingerprint density at radius 1 is 1.71 bits per heavy atom. The largest absolute Gasteiger partial charge is 0.481 e. The molecule has 1 aromatic rings. The summed E-state index contributed by atoms with van der Waals surface area (Å²) in [6, 6.07) is 1.66. The Morgan fingerprint density at radius 3 is 3.24 bits per heavy atom. The van der Waals surface area contributed by atoms with Gasteiger partial charge in [-0.05, 0) is 12.8 Å². The van der Waals surface area contributed by atoms with Gasteiger partial charge in [-0.25, -0.2) is 4.98 Å². The average molecular weight is 237 g/mol. The van der Waals surface area contributed by atoms with Crippen LogP contribution in [-0.4, -0.2) is 40.7 Å². The van der Waals surface area contributed by atoms with Crippen LogP contribution in [0.25, 0.3) is 0 Å². The summed E-state index contributed by atoms with van der Waals surface area (Å²) < 4.78 is 5.04. The minimum atomic E-state index is -0.787. The maximum absolute atomic E-state index is 10.8. The summed E-state index contributed by atoms with van der Waals surface area (Å²) >= 11 is 0. The number of carbonyl (C=O) groups is 1. The van der Waals surface area contributed by atoms with Gasteiger partial charge in [0.15, 0.2) is 0 Å². The predicted octanol–water partition coefficient (Wildman–Crippen LogP) is 0.929. The van der Waals surface area contributed by atoms with E-state index in [1.54, 1.807) is 19.4 Å². The Kier molecular flexibility index (Phi) is 3.41. The summed E-state index contributed by atoms with van der Waals surface area (Å²) in [4.78, 5) is 21.1. The first-order valence-corrected chi connectivity index (χ1v) is 5.56. The number of carboxylic acid groups (broad SMARTS) is 1. The molecule has 1 aliphatic rings. The van der Waals surface area contributed by atoms with Gasteiger partial charge in [0, 0.05) is 24.8 Å². The highest BCUT2D eigenvalue weighted by atomic mass is 16.5. The highest BCUT2D eigenvalue weighted by molar-refractivity contribution is 5.68. The van der Waals surface area contributed by atoms with Gasteiger partial charge in [-0.3, -0.25) is 4.79 Å². The molecule has 0 bridgehead atoms. The fourth-order valence-electron chi connectivity index (χ4n) is 2.10. The summed E-state index contributed by atoms with van der Waals surface area (Å²) in [5.74, 6) is 0.258. The van der Waals surface area contributed by atoms with Crippen molar-refractivity contribution in [3.05, 3.63) is 12.3 Å². The summed E-state index contributed by atoms with van der Waals surface area (Å²) in [6.07, 6.45) is 3.59. The number of hydrogen-bond acceptors (Lipinski definition) is 5. The molecular formula is C11H15N3O3. The molecule has 0 aromatic carbocycles. The monoisotopic (exact) mass is 237 g/mol. The summed E-state index contributed by atoms with van der Waals surface area (Å²) in [6.45, 7) is 0.797. The molecule has 1 fully saturated rings. The van der Waals surface area contributed by atoms with Crippen LogP contribution in [0.5, 0.6) is 5.88 Å². The van der Waals surface area contributed by atoms with E-state index in [1.807, 2.05) is 4.90 Å².